The van der Waals surface area contributed by atoms with Gasteiger partial charge in [0.15, 0.2) is 41.7 Å². The fourth-order valence-corrected chi connectivity index (χ4v) is 7.06. The lowest BCUT2D eigenvalue weighted by Crippen LogP contribution is -2.46. The van der Waals surface area contributed by atoms with E-state index in [1.54, 1.807) is 0 Å². The van der Waals surface area contributed by atoms with Crippen molar-refractivity contribution in [1.29, 1.82) is 0 Å². The highest BCUT2D eigenvalue weighted by Gasteiger charge is 2.49. The number of aliphatic hydroxyl groups excluding tert-OH is 4. The molecule has 1 amide bonds. The maximum absolute atomic E-state index is 12.4. The van der Waals surface area contributed by atoms with Crippen molar-refractivity contribution in [3.05, 3.63) is 42.7 Å². The van der Waals surface area contributed by atoms with Crippen molar-refractivity contribution < 1.29 is 85.9 Å². The topological polar surface area (TPSA) is 364 Å². The Kier molecular flexibility index (Phi) is 13.3. The molecule has 10 atom stereocenters. The van der Waals surface area contributed by atoms with Gasteiger partial charge in [0, 0.05) is 6.07 Å². The third kappa shape index (κ3) is 9.67. The highest BCUT2D eigenvalue weighted by molar-refractivity contribution is 7.59. The summed E-state index contributed by atoms with van der Waals surface area (Å²) in [6.07, 6.45) is -7.50. The molecule has 25 nitrogen and oxygen atoms in total. The molecule has 288 valence electrons. The van der Waals surface area contributed by atoms with Crippen LogP contribution in [-0.4, -0.2) is 122 Å². The van der Waals surface area contributed by atoms with Gasteiger partial charge in [0.05, 0.1) is 46.0 Å². The predicted molar refractivity (Wildman–Crippen MR) is 161 cm³/mol. The number of nitrogens with two attached hydrogens (primary N) is 2. The van der Waals surface area contributed by atoms with E-state index in [1.165, 1.54) is 40.0 Å². The zero-order chi connectivity index (χ0) is 37.6. The maximum Gasteiger partial charge on any atom is 0.292 e. The number of anilines is 1. The maximum atomic E-state index is 12.4. The number of pyridine rings is 1. The van der Waals surface area contributed by atoms with E-state index in [4.69, 9.17) is 30.7 Å². The van der Waals surface area contributed by atoms with Crippen LogP contribution in [-0.2, 0) is 46.4 Å². The summed E-state index contributed by atoms with van der Waals surface area (Å²) in [5.74, 6) is 4.26. The Balaban J connectivity index is 1.13. The molecular formula is C25H35N8O17P2-. The van der Waals surface area contributed by atoms with Gasteiger partial charge in [-0.3, -0.25) is 23.3 Å². The first-order valence-electron chi connectivity index (χ1n) is 15.1. The van der Waals surface area contributed by atoms with Gasteiger partial charge in [-0.15, -0.1) is 0 Å². The number of fused-ring (bicyclic) bond motifs is 1. The van der Waals surface area contributed by atoms with Gasteiger partial charge in [-0.05, 0) is 6.07 Å². The summed E-state index contributed by atoms with van der Waals surface area (Å²) >= 11 is 0. The SMILES string of the molecule is NOCCOCCONc1ncnc2c1ncn2[C@H]1O[C@@H](COP(=O)([O-])OP(=O)([O-])OC[C@H]2O[C@@H]([n+]3cccc(C(N)=O)c3)C(O)[C@H]2O)C(O)[C@H]1O. The monoisotopic (exact) mass is 781 g/mol. The Bertz CT molecular complexity index is 1770. The van der Waals surface area contributed by atoms with Crippen LogP contribution in [0.15, 0.2) is 37.2 Å². The summed E-state index contributed by atoms with van der Waals surface area (Å²) < 4.78 is 56.8. The molecule has 0 aliphatic carbocycles. The van der Waals surface area contributed by atoms with Crippen LogP contribution in [0.25, 0.3) is 11.2 Å². The molecule has 2 aliphatic rings. The van der Waals surface area contributed by atoms with Crippen LogP contribution in [0.4, 0.5) is 5.82 Å². The molecule has 5 rings (SSSR count). The van der Waals surface area contributed by atoms with Crippen molar-refractivity contribution in [3.63, 3.8) is 0 Å². The Morgan fingerprint density at radius 2 is 1.63 bits per heavy atom. The van der Waals surface area contributed by atoms with Crippen molar-refractivity contribution in [1.82, 2.24) is 19.5 Å². The lowest BCUT2D eigenvalue weighted by atomic mass is 10.1. The van der Waals surface area contributed by atoms with Crippen molar-refractivity contribution in [2.24, 2.45) is 11.6 Å². The summed E-state index contributed by atoms with van der Waals surface area (Å²) in [6, 6.07) is 2.80. The number of amides is 1. The van der Waals surface area contributed by atoms with Crippen molar-refractivity contribution >= 4 is 38.5 Å². The van der Waals surface area contributed by atoms with Crippen molar-refractivity contribution in [2.45, 2.75) is 49.1 Å². The van der Waals surface area contributed by atoms with Crippen LogP contribution < -0.4 is 31.5 Å². The molecule has 0 saturated carbocycles. The van der Waals surface area contributed by atoms with Crippen molar-refractivity contribution in [3.8, 4) is 0 Å². The minimum atomic E-state index is -5.73. The molecule has 9 N–H and O–H groups in total. The second-order valence-electron chi connectivity index (χ2n) is 11.0. The van der Waals surface area contributed by atoms with E-state index in [1.807, 2.05) is 0 Å². The molecule has 0 spiro atoms. The quantitative estimate of drug-likeness (QED) is 0.0260. The molecule has 4 unspecified atom stereocenters. The van der Waals surface area contributed by atoms with Gasteiger partial charge in [-0.1, -0.05) is 0 Å². The smallest absolute Gasteiger partial charge is 0.292 e. The van der Waals surface area contributed by atoms with E-state index >= 15 is 0 Å². The van der Waals surface area contributed by atoms with Gasteiger partial charge in [0.1, 0.15) is 42.4 Å². The number of imidazole rings is 1. The molecule has 0 bridgehead atoms. The standard InChI is InChI=1S/C25H36N8O17P2/c26-21(38)13-2-1-3-32(8-13)24-19(36)17(34)14(48-24)9-46-51(39,40)50-52(41,42)47-10-15-18(35)20(37)25(49-15)33-12-30-16-22(28-11-29-23(16)33)31-45-7-5-43-4-6-44-27/h1-3,8,11-12,14-15,17-20,24-25,34-37H,4-7,9-10,27H2,(H4-,26,28,29,31,38,39,40,41,42)/p-1/t14-,15+,17+,18?,19?,20-,24-,25+/m1/s1. The van der Waals surface area contributed by atoms with Crippen LogP contribution in [0.3, 0.4) is 0 Å². The number of carbonyl (C=O) groups is 1. The molecule has 27 heteroatoms. The summed E-state index contributed by atoms with van der Waals surface area (Å²) in [5, 5.41) is 42.0. The summed E-state index contributed by atoms with van der Waals surface area (Å²) in [7, 11) is -11.4. The van der Waals surface area contributed by atoms with Gasteiger partial charge in [-0.2, -0.15) is 4.57 Å². The first-order valence-corrected chi connectivity index (χ1v) is 18.0. The second kappa shape index (κ2) is 17.3. The largest absolute Gasteiger partial charge is 0.756 e. The number of nitrogens with one attached hydrogen (secondary N) is 1. The first kappa shape index (κ1) is 40.0. The van der Waals surface area contributed by atoms with Crippen LogP contribution in [0.2, 0.25) is 0 Å². The number of hydrogen-bond donors (Lipinski definition) is 7. The zero-order valence-electron chi connectivity index (χ0n) is 26.7. The van der Waals surface area contributed by atoms with Gasteiger partial charge in [0.2, 0.25) is 0 Å². The van der Waals surface area contributed by atoms with E-state index in [9.17, 15) is 44.1 Å². The number of primary amides is 1. The normalized spacial score (nSPS) is 28.5. The third-order valence-electron chi connectivity index (χ3n) is 7.55. The average Bonchev–Trinajstić information content (AvgIpc) is 3.75. The third-order valence-corrected chi connectivity index (χ3v) is 10.1. The number of phosphoric ester groups is 2. The van der Waals surface area contributed by atoms with E-state index in [2.05, 4.69) is 38.6 Å². The van der Waals surface area contributed by atoms with E-state index in [0.717, 1.165) is 6.33 Å². The molecule has 2 saturated heterocycles. The zero-order valence-corrected chi connectivity index (χ0v) is 28.5. The van der Waals surface area contributed by atoms with Gasteiger partial charge in [-0.25, -0.2) is 30.6 Å². The lowest BCUT2D eigenvalue weighted by molar-refractivity contribution is -0.765. The van der Waals surface area contributed by atoms with Crippen LogP contribution in [0.5, 0.6) is 0 Å². The number of carbonyl (C=O) groups excluding carboxylic acids is 1. The summed E-state index contributed by atoms with van der Waals surface area (Å²) in [5.41, 5.74) is 8.17. The number of aromatic nitrogens is 5. The number of hydrogen-bond acceptors (Lipinski definition) is 22. The number of ether oxygens (including phenoxy) is 3. The molecule has 3 aromatic rings. The fraction of sp³-hybridized carbons (Fsp3) is 0.560. The van der Waals surface area contributed by atoms with Gasteiger partial charge in [0.25, 0.3) is 27.8 Å². The Hall–Kier alpha value is -3.17. The molecule has 2 aliphatic heterocycles. The summed E-state index contributed by atoms with van der Waals surface area (Å²) in [6.45, 7) is -1.26. The van der Waals surface area contributed by atoms with E-state index < -0.39 is 83.8 Å². The highest BCUT2D eigenvalue weighted by atomic mass is 31.3. The molecule has 52 heavy (non-hydrogen) atoms. The molecular weight excluding hydrogens is 746 g/mol. The molecule has 5 heterocycles. The van der Waals surface area contributed by atoms with Crippen LogP contribution >= 0.6 is 15.6 Å². The first-order chi connectivity index (χ1) is 24.7. The average molecular weight is 782 g/mol. The minimum Gasteiger partial charge on any atom is -0.756 e. The second-order valence-corrected chi connectivity index (χ2v) is 14.0. The molecule has 3 aromatic heterocycles. The highest BCUT2D eigenvalue weighted by Crippen LogP contribution is 2.56. The lowest BCUT2D eigenvalue weighted by Gasteiger charge is -2.31. The number of rotatable bonds is 19. The fourth-order valence-electron chi connectivity index (χ4n) is 5.05. The van der Waals surface area contributed by atoms with Crippen LogP contribution in [0.1, 0.15) is 22.8 Å². The minimum absolute atomic E-state index is 0.0451. The molecule has 2 fully saturated rings. The number of nitrogens with zero attached hydrogens (tertiary/aromatic N) is 5. The number of phosphoric acid groups is 2. The predicted octanol–water partition coefficient (Wildman–Crippen LogP) is -4.61. The molecule has 0 radical (unpaired) electrons. The van der Waals surface area contributed by atoms with E-state index in [-0.39, 0.29) is 49.0 Å². The number of aliphatic hydroxyl groups is 4. The Morgan fingerprint density at radius 1 is 0.962 bits per heavy atom. The van der Waals surface area contributed by atoms with E-state index in [0.29, 0.717) is 0 Å². The summed E-state index contributed by atoms with van der Waals surface area (Å²) in [4.78, 5) is 58.3. The molecule has 0 aromatic carbocycles. The van der Waals surface area contributed by atoms with Crippen LogP contribution in [0, 0.1) is 0 Å². The van der Waals surface area contributed by atoms with Crippen molar-refractivity contribution in [2.75, 3.05) is 45.1 Å². The Labute approximate surface area is 292 Å². The Morgan fingerprint density at radius 3 is 2.33 bits per heavy atom. The van der Waals surface area contributed by atoms with Gasteiger partial charge < -0.3 is 64.0 Å². The van der Waals surface area contributed by atoms with Gasteiger partial charge >= 0.3 is 0 Å².